The largest absolute Gasteiger partial charge is 0.413 e. The van der Waals surface area contributed by atoms with Gasteiger partial charge in [0.05, 0.1) is 21.8 Å². The molecule has 1 aromatic rings. The molecule has 1 saturated heterocycles. The summed E-state index contributed by atoms with van der Waals surface area (Å²) in [5, 5.41) is 0.959. The second-order valence-corrected chi connectivity index (χ2v) is 6.76. The normalized spacial score (nSPS) is 21.2. The van der Waals surface area contributed by atoms with Crippen molar-refractivity contribution in [3.63, 3.8) is 0 Å². The van der Waals surface area contributed by atoms with Crippen LogP contribution in [0.1, 0.15) is 32.4 Å². The Balaban J connectivity index is 2.26. The highest BCUT2D eigenvalue weighted by molar-refractivity contribution is 6.48. The molecule has 1 aliphatic heterocycles. The van der Waals surface area contributed by atoms with Crippen LogP contribution in [0.2, 0.25) is 16.9 Å². The van der Waals surface area contributed by atoms with E-state index in [0.29, 0.717) is 15.7 Å². The zero-order valence-corrected chi connectivity index (χ0v) is 13.2. The fourth-order valence-corrected chi connectivity index (χ4v) is 2.98. The molecular formula is C13H19BCl2N2O. The van der Waals surface area contributed by atoms with Gasteiger partial charge in [-0.3, -0.25) is 0 Å². The third kappa shape index (κ3) is 3.02. The van der Waals surface area contributed by atoms with Crippen molar-refractivity contribution < 1.29 is 4.65 Å². The van der Waals surface area contributed by atoms with Gasteiger partial charge in [-0.25, -0.2) is 0 Å². The van der Waals surface area contributed by atoms with Crippen molar-refractivity contribution in [3.8, 4) is 0 Å². The molecule has 1 aliphatic rings. The molecule has 104 valence electrons. The van der Waals surface area contributed by atoms with Crippen molar-refractivity contribution in [3.05, 3.63) is 27.7 Å². The van der Waals surface area contributed by atoms with Crippen molar-refractivity contribution in [2.75, 3.05) is 12.3 Å². The predicted octanol–water partition coefficient (Wildman–Crippen LogP) is 3.87. The lowest BCUT2D eigenvalue weighted by molar-refractivity contribution is 0.230. The summed E-state index contributed by atoms with van der Waals surface area (Å²) in [7, 11) is 0.0695. The van der Waals surface area contributed by atoms with Gasteiger partial charge in [0.15, 0.2) is 0 Å². The molecular weight excluding hydrogens is 282 g/mol. The third-order valence-electron chi connectivity index (χ3n) is 3.50. The van der Waals surface area contributed by atoms with Crippen molar-refractivity contribution in [1.29, 1.82) is 0 Å². The lowest BCUT2D eigenvalue weighted by atomic mass is 9.81. The predicted molar refractivity (Wildman–Crippen MR) is 82.8 cm³/mol. The van der Waals surface area contributed by atoms with E-state index in [1.165, 1.54) is 0 Å². The molecule has 1 aromatic carbocycles. The van der Waals surface area contributed by atoms with Crippen molar-refractivity contribution in [2.45, 2.75) is 39.2 Å². The molecule has 2 N–H and O–H groups in total. The van der Waals surface area contributed by atoms with Crippen LogP contribution in [0.3, 0.4) is 0 Å². The van der Waals surface area contributed by atoms with Crippen molar-refractivity contribution in [2.24, 2.45) is 0 Å². The molecule has 0 saturated carbocycles. The molecule has 0 bridgehead atoms. The maximum absolute atomic E-state index is 6.08. The highest BCUT2D eigenvalue weighted by Crippen LogP contribution is 2.36. The Morgan fingerprint density at radius 2 is 1.84 bits per heavy atom. The van der Waals surface area contributed by atoms with Crippen molar-refractivity contribution in [1.82, 2.24) is 4.81 Å². The first kappa shape index (κ1) is 15.0. The number of rotatable bonds is 1. The summed E-state index contributed by atoms with van der Waals surface area (Å²) >= 11 is 12.2. The SMILES string of the molecule is CB1OC(c2cc(Cl)c(N)c(Cl)c2)CN1C(C)(C)C. The fourth-order valence-electron chi connectivity index (χ4n) is 2.47. The number of nitrogens with zero attached hydrogens (tertiary/aromatic N) is 1. The highest BCUT2D eigenvalue weighted by atomic mass is 35.5. The molecule has 3 nitrogen and oxygen atoms in total. The smallest absolute Gasteiger partial charge is 0.380 e. The van der Waals surface area contributed by atoms with E-state index < -0.39 is 0 Å². The number of hydrogen-bond donors (Lipinski definition) is 1. The summed E-state index contributed by atoms with van der Waals surface area (Å²) in [6.45, 7) is 9.42. The van der Waals surface area contributed by atoms with E-state index in [9.17, 15) is 0 Å². The van der Waals surface area contributed by atoms with Crippen LogP contribution in [0.4, 0.5) is 5.69 Å². The maximum Gasteiger partial charge on any atom is 0.380 e. The molecule has 1 fully saturated rings. The zero-order valence-electron chi connectivity index (χ0n) is 11.7. The van der Waals surface area contributed by atoms with Gasteiger partial charge in [-0.05, 0) is 45.3 Å². The van der Waals surface area contributed by atoms with Gasteiger partial charge in [0.25, 0.3) is 0 Å². The molecule has 1 heterocycles. The molecule has 2 rings (SSSR count). The Hall–Kier alpha value is -0.415. The minimum atomic E-state index is -0.0233. The molecule has 1 unspecified atom stereocenters. The maximum atomic E-state index is 6.08. The Morgan fingerprint density at radius 3 is 2.26 bits per heavy atom. The minimum absolute atomic E-state index is 0.0233. The first-order chi connectivity index (χ1) is 8.70. The quantitative estimate of drug-likeness (QED) is 0.632. The number of nitrogens with two attached hydrogens (primary N) is 1. The standard InChI is InChI=1S/C13H19BCl2N2O/c1-13(2,3)18-7-11(19-14(18)4)8-5-9(15)12(17)10(16)6-8/h5-6,11H,7,17H2,1-4H3. The summed E-state index contributed by atoms with van der Waals surface area (Å²) in [6.07, 6.45) is -0.0233. The van der Waals surface area contributed by atoms with E-state index in [4.69, 9.17) is 33.6 Å². The summed E-state index contributed by atoms with van der Waals surface area (Å²) in [5.74, 6) is 0. The first-order valence-corrected chi connectivity index (χ1v) is 7.12. The third-order valence-corrected chi connectivity index (χ3v) is 4.12. The van der Waals surface area contributed by atoms with Gasteiger partial charge in [0, 0.05) is 12.1 Å². The van der Waals surface area contributed by atoms with Gasteiger partial charge < -0.3 is 15.2 Å². The van der Waals surface area contributed by atoms with E-state index in [0.717, 1.165) is 12.1 Å². The Bertz CT molecular complexity index is 467. The van der Waals surface area contributed by atoms with E-state index in [1.54, 1.807) is 0 Å². The lowest BCUT2D eigenvalue weighted by Gasteiger charge is -2.32. The molecule has 19 heavy (non-hydrogen) atoms. The average Bonchev–Trinajstić information content (AvgIpc) is 2.67. The summed E-state index contributed by atoms with van der Waals surface area (Å²) < 4.78 is 6.00. The molecule has 0 aromatic heterocycles. The number of nitrogen functional groups attached to an aromatic ring is 1. The van der Waals surface area contributed by atoms with Crippen LogP contribution in [0.15, 0.2) is 12.1 Å². The van der Waals surface area contributed by atoms with Crippen LogP contribution in [0, 0.1) is 0 Å². The van der Waals surface area contributed by atoms with Gasteiger partial charge in [-0.15, -0.1) is 0 Å². The summed E-state index contributed by atoms with van der Waals surface area (Å²) in [6, 6.07) is 3.68. The second-order valence-electron chi connectivity index (χ2n) is 5.95. The lowest BCUT2D eigenvalue weighted by Crippen LogP contribution is -2.46. The Morgan fingerprint density at radius 1 is 1.32 bits per heavy atom. The zero-order chi connectivity index (χ0) is 14.4. The van der Waals surface area contributed by atoms with Gasteiger partial charge in [-0.1, -0.05) is 23.2 Å². The highest BCUT2D eigenvalue weighted by Gasteiger charge is 2.40. The van der Waals surface area contributed by atoms with Gasteiger partial charge in [-0.2, -0.15) is 0 Å². The molecule has 6 heteroatoms. The van der Waals surface area contributed by atoms with Crippen LogP contribution in [-0.4, -0.2) is 23.9 Å². The number of benzene rings is 1. The summed E-state index contributed by atoms with van der Waals surface area (Å²) in [5.41, 5.74) is 7.22. The summed E-state index contributed by atoms with van der Waals surface area (Å²) in [4.78, 5) is 2.32. The molecule has 1 atom stereocenters. The minimum Gasteiger partial charge on any atom is -0.413 e. The molecule has 0 spiro atoms. The number of hydrogen-bond acceptors (Lipinski definition) is 3. The first-order valence-electron chi connectivity index (χ1n) is 6.37. The van der Waals surface area contributed by atoms with Gasteiger partial charge in [0.2, 0.25) is 0 Å². The topological polar surface area (TPSA) is 38.5 Å². The fraction of sp³-hybridized carbons (Fsp3) is 0.538. The van der Waals surface area contributed by atoms with Crippen LogP contribution in [0.25, 0.3) is 0 Å². The van der Waals surface area contributed by atoms with E-state index in [1.807, 2.05) is 12.1 Å². The van der Waals surface area contributed by atoms with Gasteiger partial charge in [0.1, 0.15) is 0 Å². The monoisotopic (exact) mass is 300 g/mol. The van der Waals surface area contributed by atoms with Crippen LogP contribution in [-0.2, 0) is 4.65 Å². The Labute approximate surface area is 125 Å². The van der Waals surface area contributed by atoms with Crippen LogP contribution >= 0.6 is 23.2 Å². The molecule has 0 radical (unpaired) electrons. The molecule has 0 amide bonds. The average molecular weight is 301 g/mol. The van der Waals surface area contributed by atoms with Crippen LogP contribution < -0.4 is 5.73 Å². The van der Waals surface area contributed by atoms with E-state index >= 15 is 0 Å². The van der Waals surface area contributed by atoms with E-state index in [2.05, 4.69) is 32.4 Å². The van der Waals surface area contributed by atoms with Crippen LogP contribution in [0.5, 0.6) is 0 Å². The Kier molecular flexibility index (Phi) is 4.08. The van der Waals surface area contributed by atoms with E-state index in [-0.39, 0.29) is 18.7 Å². The van der Waals surface area contributed by atoms with Crippen molar-refractivity contribution >= 4 is 35.9 Å². The van der Waals surface area contributed by atoms with Gasteiger partial charge >= 0.3 is 7.05 Å². The molecule has 0 aliphatic carbocycles. The second kappa shape index (κ2) is 5.17. The number of anilines is 1. The number of halogens is 2.